The summed E-state index contributed by atoms with van der Waals surface area (Å²) in [7, 11) is 0. The molecule has 4 aromatic rings. The minimum Gasteiger partial charge on any atom is -0.326 e. The van der Waals surface area contributed by atoms with Crippen LogP contribution in [0.5, 0.6) is 0 Å². The minimum atomic E-state index is -0.481. The molecule has 3 amide bonds. The van der Waals surface area contributed by atoms with Crippen LogP contribution in [0.15, 0.2) is 78.9 Å². The maximum absolute atomic E-state index is 12.4. The Morgan fingerprint density at radius 3 is 1.97 bits per heavy atom. The number of nitrogens with zero attached hydrogens (tertiary/aromatic N) is 4. The van der Waals surface area contributed by atoms with E-state index in [0.29, 0.717) is 29.2 Å². The van der Waals surface area contributed by atoms with Gasteiger partial charge in [0, 0.05) is 29.3 Å². The number of aromatic nitrogens is 4. The van der Waals surface area contributed by atoms with Crippen LogP contribution < -0.4 is 16.2 Å². The molecule has 0 saturated heterocycles. The first kappa shape index (κ1) is 22.3. The van der Waals surface area contributed by atoms with Crippen LogP contribution >= 0.6 is 0 Å². The van der Waals surface area contributed by atoms with Gasteiger partial charge in [0.25, 0.3) is 11.8 Å². The Morgan fingerprint density at radius 1 is 0.794 bits per heavy atom. The molecular formula is C24H21N7O3. The van der Waals surface area contributed by atoms with Gasteiger partial charge in [-0.3, -0.25) is 25.2 Å². The van der Waals surface area contributed by atoms with E-state index in [4.69, 9.17) is 0 Å². The second kappa shape index (κ2) is 10.2. The van der Waals surface area contributed by atoms with E-state index in [2.05, 4.69) is 31.6 Å². The van der Waals surface area contributed by atoms with Gasteiger partial charge in [-0.25, -0.2) is 0 Å². The highest BCUT2D eigenvalue weighted by atomic mass is 16.2. The summed E-state index contributed by atoms with van der Waals surface area (Å²) >= 11 is 0. The van der Waals surface area contributed by atoms with Crippen molar-refractivity contribution in [2.45, 2.75) is 13.5 Å². The van der Waals surface area contributed by atoms with Gasteiger partial charge in [0.1, 0.15) is 0 Å². The molecule has 0 atom stereocenters. The average Bonchev–Trinajstić information content (AvgIpc) is 3.32. The van der Waals surface area contributed by atoms with Crippen molar-refractivity contribution in [1.82, 2.24) is 31.1 Å². The van der Waals surface area contributed by atoms with Gasteiger partial charge in [-0.15, -0.1) is 10.2 Å². The maximum Gasteiger partial charge on any atom is 0.269 e. The molecule has 1 aromatic heterocycles. The van der Waals surface area contributed by atoms with Crippen molar-refractivity contribution in [3.63, 3.8) is 0 Å². The first-order valence-corrected chi connectivity index (χ1v) is 10.4. The molecule has 3 N–H and O–H groups in total. The highest BCUT2D eigenvalue weighted by Crippen LogP contribution is 2.13. The number of carbonyl (C=O) groups is 3. The summed E-state index contributed by atoms with van der Waals surface area (Å²) in [6, 6.07) is 22.7. The lowest BCUT2D eigenvalue weighted by molar-refractivity contribution is -0.114. The Balaban J connectivity index is 1.30. The lowest BCUT2D eigenvalue weighted by Crippen LogP contribution is -2.41. The van der Waals surface area contributed by atoms with Crippen molar-refractivity contribution in [2.24, 2.45) is 0 Å². The molecule has 0 aliphatic rings. The van der Waals surface area contributed by atoms with Crippen LogP contribution in [-0.2, 0) is 11.3 Å². The van der Waals surface area contributed by atoms with E-state index in [1.165, 1.54) is 11.7 Å². The van der Waals surface area contributed by atoms with E-state index in [1.54, 1.807) is 48.5 Å². The second-order valence-electron chi connectivity index (χ2n) is 7.37. The molecule has 0 radical (unpaired) electrons. The van der Waals surface area contributed by atoms with Crippen LogP contribution in [0.4, 0.5) is 5.69 Å². The van der Waals surface area contributed by atoms with E-state index in [0.717, 1.165) is 11.1 Å². The molecule has 1 heterocycles. The van der Waals surface area contributed by atoms with Crippen LogP contribution in [0.25, 0.3) is 11.4 Å². The van der Waals surface area contributed by atoms with Crippen LogP contribution in [0.3, 0.4) is 0 Å². The Bertz CT molecular complexity index is 1300. The monoisotopic (exact) mass is 455 g/mol. The number of benzene rings is 3. The van der Waals surface area contributed by atoms with Gasteiger partial charge in [-0.05, 0) is 47.2 Å². The fraction of sp³-hybridized carbons (Fsp3) is 0.0833. The predicted molar refractivity (Wildman–Crippen MR) is 124 cm³/mol. The molecule has 10 nitrogen and oxygen atoms in total. The van der Waals surface area contributed by atoms with Gasteiger partial charge in [0.05, 0.1) is 6.54 Å². The average molecular weight is 455 g/mol. The van der Waals surface area contributed by atoms with E-state index in [9.17, 15) is 14.4 Å². The predicted octanol–water partition coefficient (Wildman–Crippen LogP) is 2.42. The largest absolute Gasteiger partial charge is 0.326 e. The molecule has 0 aliphatic heterocycles. The van der Waals surface area contributed by atoms with Crippen molar-refractivity contribution in [2.75, 3.05) is 5.32 Å². The number of rotatable bonds is 6. The third-order valence-electron chi connectivity index (χ3n) is 4.78. The number of anilines is 1. The van der Waals surface area contributed by atoms with E-state index >= 15 is 0 Å². The number of hydrazine groups is 1. The summed E-state index contributed by atoms with van der Waals surface area (Å²) < 4.78 is 0. The molecule has 0 spiro atoms. The SMILES string of the molecule is CC(=O)Nc1ccc(C(=O)NNC(=O)c2ccc(Cn3nnc(-c4ccccc4)n3)cc2)cc1. The van der Waals surface area contributed by atoms with Crippen molar-refractivity contribution < 1.29 is 14.4 Å². The molecule has 34 heavy (non-hydrogen) atoms. The molecule has 170 valence electrons. The maximum atomic E-state index is 12.4. The topological polar surface area (TPSA) is 131 Å². The summed E-state index contributed by atoms with van der Waals surface area (Å²) in [4.78, 5) is 37.2. The number of amides is 3. The van der Waals surface area contributed by atoms with Gasteiger partial charge in [-0.1, -0.05) is 42.5 Å². The zero-order valence-electron chi connectivity index (χ0n) is 18.2. The molecule has 10 heteroatoms. The number of nitrogens with one attached hydrogen (secondary N) is 3. The molecule has 4 rings (SSSR count). The highest BCUT2D eigenvalue weighted by Gasteiger charge is 2.10. The summed E-state index contributed by atoms with van der Waals surface area (Å²) in [6.45, 7) is 1.79. The first-order valence-electron chi connectivity index (χ1n) is 10.4. The van der Waals surface area contributed by atoms with Crippen LogP contribution in [0, 0.1) is 0 Å². The Hall–Kier alpha value is -4.86. The molecule has 3 aromatic carbocycles. The summed E-state index contributed by atoms with van der Waals surface area (Å²) in [6.07, 6.45) is 0. The summed E-state index contributed by atoms with van der Waals surface area (Å²) in [5, 5.41) is 15.1. The van der Waals surface area contributed by atoms with E-state index in [1.807, 2.05) is 30.3 Å². The molecule has 0 bridgehead atoms. The van der Waals surface area contributed by atoms with Gasteiger partial charge < -0.3 is 5.32 Å². The molecule has 0 fully saturated rings. The normalized spacial score (nSPS) is 10.4. The molecule has 0 unspecified atom stereocenters. The fourth-order valence-corrected chi connectivity index (χ4v) is 3.10. The van der Waals surface area contributed by atoms with Gasteiger partial charge in [0.2, 0.25) is 11.7 Å². The summed E-state index contributed by atoms with van der Waals surface area (Å²) in [5.41, 5.74) is 7.81. The third kappa shape index (κ3) is 5.68. The van der Waals surface area contributed by atoms with Gasteiger partial charge in [-0.2, -0.15) is 4.80 Å². The van der Waals surface area contributed by atoms with Crippen LogP contribution in [0.2, 0.25) is 0 Å². The highest BCUT2D eigenvalue weighted by molar-refractivity contribution is 5.99. The molecule has 0 aliphatic carbocycles. The Morgan fingerprint density at radius 2 is 1.38 bits per heavy atom. The van der Waals surface area contributed by atoms with Crippen molar-refractivity contribution in [3.05, 3.63) is 95.6 Å². The zero-order valence-corrected chi connectivity index (χ0v) is 18.2. The van der Waals surface area contributed by atoms with E-state index < -0.39 is 11.8 Å². The third-order valence-corrected chi connectivity index (χ3v) is 4.78. The molecular weight excluding hydrogens is 434 g/mol. The first-order chi connectivity index (χ1) is 16.5. The number of hydrogen-bond acceptors (Lipinski definition) is 6. The van der Waals surface area contributed by atoms with Crippen molar-refractivity contribution >= 4 is 23.4 Å². The Labute approximate surface area is 195 Å². The minimum absolute atomic E-state index is 0.204. The van der Waals surface area contributed by atoms with Crippen LogP contribution in [0.1, 0.15) is 33.2 Å². The lowest BCUT2D eigenvalue weighted by atomic mass is 10.1. The quantitative estimate of drug-likeness (QED) is 0.383. The van der Waals surface area contributed by atoms with Gasteiger partial charge in [0.15, 0.2) is 0 Å². The Kier molecular flexibility index (Phi) is 6.68. The van der Waals surface area contributed by atoms with Crippen molar-refractivity contribution in [1.29, 1.82) is 0 Å². The number of hydrogen-bond donors (Lipinski definition) is 3. The summed E-state index contributed by atoms with van der Waals surface area (Å²) in [5.74, 6) is -0.604. The zero-order chi connectivity index (χ0) is 23.9. The van der Waals surface area contributed by atoms with Gasteiger partial charge >= 0.3 is 0 Å². The lowest BCUT2D eigenvalue weighted by Gasteiger charge is -2.09. The fourth-order valence-electron chi connectivity index (χ4n) is 3.10. The molecule has 0 saturated carbocycles. The van der Waals surface area contributed by atoms with Crippen molar-refractivity contribution in [3.8, 4) is 11.4 Å². The number of tetrazole rings is 1. The standard InChI is InChI=1S/C24H21N7O3/c1-16(32)25-21-13-11-20(12-14-21)24(34)28-27-23(33)19-9-7-17(8-10-19)15-31-29-22(26-30-31)18-5-3-2-4-6-18/h2-14H,15H2,1H3,(H,25,32)(H,27,33)(H,28,34). The number of carbonyl (C=O) groups excluding carboxylic acids is 3. The van der Waals surface area contributed by atoms with Crippen LogP contribution in [-0.4, -0.2) is 37.9 Å². The second-order valence-corrected chi connectivity index (χ2v) is 7.37. The van der Waals surface area contributed by atoms with E-state index in [-0.39, 0.29) is 5.91 Å². The smallest absolute Gasteiger partial charge is 0.269 e.